The molecule has 3 amide bonds. The summed E-state index contributed by atoms with van der Waals surface area (Å²) < 4.78 is 0.748. The number of amides is 3. The van der Waals surface area contributed by atoms with Gasteiger partial charge in [-0.05, 0) is 47.8 Å². The van der Waals surface area contributed by atoms with Crippen LogP contribution >= 0.6 is 15.9 Å². The van der Waals surface area contributed by atoms with Gasteiger partial charge in [-0.2, -0.15) is 0 Å². The molecular formula is C13H17BrN4O2. The first-order chi connectivity index (χ1) is 9.54. The van der Waals surface area contributed by atoms with Crippen LogP contribution in [0.5, 0.6) is 0 Å². The summed E-state index contributed by atoms with van der Waals surface area (Å²) in [7, 11) is 0. The standard InChI is InChI=1S/C13H17BrN4O2/c1-8(12(19)18-13(20)17-9-5-6-9)15-7-10-3-2-4-11(14)16-10/h2-4,8-9,15H,5-7H2,1H3,(H2,17,18,19,20). The molecule has 1 fully saturated rings. The highest BCUT2D eigenvalue weighted by Crippen LogP contribution is 2.18. The number of hydrogen-bond donors (Lipinski definition) is 3. The second-order valence-corrected chi connectivity index (χ2v) is 5.60. The van der Waals surface area contributed by atoms with E-state index >= 15 is 0 Å². The predicted molar refractivity (Wildman–Crippen MR) is 77.9 cm³/mol. The lowest BCUT2D eigenvalue weighted by atomic mass is 10.3. The van der Waals surface area contributed by atoms with Gasteiger partial charge in [0.25, 0.3) is 0 Å². The summed E-state index contributed by atoms with van der Waals surface area (Å²) >= 11 is 3.29. The number of urea groups is 1. The molecule has 2 rings (SSSR count). The number of rotatable bonds is 5. The van der Waals surface area contributed by atoms with E-state index in [0.29, 0.717) is 6.54 Å². The van der Waals surface area contributed by atoms with Crippen LogP contribution in [0.1, 0.15) is 25.5 Å². The molecule has 1 aliphatic rings. The maximum atomic E-state index is 11.8. The molecule has 1 aromatic heterocycles. The van der Waals surface area contributed by atoms with Gasteiger partial charge in [0.1, 0.15) is 4.60 Å². The molecule has 0 bridgehead atoms. The molecular weight excluding hydrogens is 324 g/mol. The van der Waals surface area contributed by atoms with Crippen LogP contribution in [-0.4, -0.2) is 29.0 Å². The van der Waals surface area contributed by atoms with Gasteiger partial charge in [-0.25, -0.2) is 9.78 Å². The van der Waals surface area contributed by atoms with Crippen molar-refractivity contribution in [1.29, 1.82) is 0 Å². The van der Waals surface area contributed by atoms with Crippen LogP contribution < -0.4 is 16.0 Å². The summed E-state index contributed by atoms with van der Waals surface area (Å²) in [4.78, 5) is 27.5. The van der Waals surface area contributed by atoms with E-state index in [4.69, 9.17) is 0 Å². The average Bonchev–Trinajstić information content (AvgIpc) is 3.19. The number of carbonyl (C=O) groups excluding carboxylic acids is 2. The van der Waals surface area contributed by atoms with Crippen molar-refractivity contribution in [3.8, 4) is 0 Å². The first-order valence-electron chi connectivity index (χ1n) is 6.51. The number of hydrogen-bond acceptors (Lipinski definition) is 4. The van der Waals surface area contributed by atoms with Crippen molar-refractivity contribution < 1.29 is 9.59 Å². The maximum absolute atomic E-state index is 11.8. The smallest absolute Gasteiger partial charge is 0.321 e. The van der Waals surface area contributed by atoms with E-state index in [1.54, 1.807) is 6.92 Å². The molecule has 20 heavy (non-hydrogen) atoms. The first-order valence-corrected chi connectivity index (χ1v) is 7.30. The molecule has 7 heteroatoms. The van der Waals surface area contributed by atoms with Crippen molar-refractivity contribution in [3.05, 3.63) is 28.5 Å². The quantitative estimate of drug-likeness (QED) is 0.705. The van der Waals surface area contributed by atoms with Gasteiger partial charge in [0.15, 0.2) is 0 Å². The van der Waals surface area contributed by atoms with Gasteiger partial charge in [0, 0.05) is 12.6 Å². The fraction of sp³-hybridized carbons (Fsp3) is 0.462. The predicted octanol–water partition coefficient (Wildman–Crippen LogP) is 1.31. The van der Waals surface area contributed by atoms with Crippen molar-refractivity contribution in [2.24, 2.45) is 0 Å². The van der Waals surface area contributed by atoms with E-state index in [1.165, 1.54) is 0 Å². The molecule has 1 aromatic rings. The molecule has 1 saturated carbocycles. The van der Waals surface area contributed by atoms with Crippen LogP contribution in [0, 0.1) is 0 Å². The molecule has 3 N–H and O–H groups in total. The molecule has 0 radical (unpaired) electrons. The number of nitrogens with zero attached hydrogens (tertiary/aromatic N) is 1. The topological polar surface area (TPSA) is 83.1 Å². The molecule has 1 heterocycles. The van der Waals surface area contributed by atoms with Gasteiger partial charge in [-0.1, -0.05) is 6.07 Å². The van der Waals surface area contributed by atoms with Crippen molar-refractivity contribution in [3.63, 3.8) is 0 Å². The van der Waals surface area contributed by atoms with Gasteiger partial charge in [-0.3, -0.25) is 10.1 Å². The van der Waals surface area contributed by atoms with E-state index in [1.807, 2.05) is 18.2 Å². The Hall–Kier alpha value is -1.47. The van der Waals surface area contributed by atoms with Gasteiger partial charge < -0.3 is 10.6 Å². The third kappa shape index (κ3) is 4.90. The number of aromatic nitrogens is 1. The fourth-order valence-corrected chi connectivity index (χ4v) is 1.95. The van der Waals surface area contributed by atoms with Crippen molar-refractivity contribution in [2.45, 2.75) is 38.4 Å². The summed E-state index contributed by atoms with van der Waals surface area (Å²) in [6, 6.07) is 4.91. The fourth-order valence-electron chi connectivity index (χ4n) is 1.57. The van der Waals surface area contributed by atoms with Crippen LogP contribution in [0.25, 0.3) is 0 Å². The third-order valence-electron chi connectivity index (χ3n) is 2.90. The Morgan fingerprint density at radius 3 is 2.85 bits per heavy atom. The lowest BCUT2D eigenvalue weighted by Crippen LogP contribution is -2.48. The van der Waals surface area contributed by atoms with E-state index in [9.17, 15) is 9.59 Å². The summed E-state index contributed by atoms with van der Waals surface area (Å²) in [5.41, 5.74) is 0.821. The highest BCUT2D eigenvalue weighted by Gasteiger charge is 2.24. The first kappa shape index (κ1) is 14.9. The molecule has 0 spiro atoms. The van der Waals surface area contributed by atoms with Crippen LogP contribution in [0.4, 0.5) is 4.79 Å². The Labute approximate surface area is 125 Å². The molecule has 0 aliphatic heterocycles. The summed E-state index contributed by atoms with van der Waals surface area (Å²) in [5.74, 6) is -0.349. The van der Waals surface area contributed by atoms with Crippen LogP contribution in [-0.2, 0) is 11.3 Å². The third-order valence-corrected chi connectivity index (χ3v) is 3.35. The van der Waals surface area contributed by atoms with E-state index in [-0.39, 0.29) is 11.9 Å². The Kier molecular flexibility index (Phi) is 5.08. The largest absolute Gasteiger partial charge is 0.335 e. The van der Waals surface area contributed by atoms with Crippen molar-refractivity contribution >= 4 is 27.9 Å². The Morgan fingerprint density at radius 2 is 2.20 bits per heavy atom. The minimum Gasteiger partial charge on any atom is -0.335 e. The highest BCUT2D eigenvalue weighted by atomic mass is 79.9. The van der Waals surface area contributed by atoms with Crippen LogP contribution in [0.3, 0.4) is 0 Å². The molecule has 6 nitrogen and oxygen atoms in total. The average molecular weight is 341 g/mol. The second-order valence-electron chi connectivity index (χ2n) is 4.79. The van der Waals surface area contributed by atoms with Crippen molar-refractivity contribution in [2.75, 3.05) is 0 Å². The minimum absolute atomic E-state index is 0.233. The molecule has 0 aromatic carbocycles. The highest BCUT2D eigenvalue weighted by molar-refractivity contribution is 9.10. The summed E-state index contributed by atoms with van der Waals surface area (Å²) in [6.45, 7) is 2.16. The second kappa shape index (κ2) is 6.81. The molecule has 108 valence electrons. The molecule has 1 atom stereocenters. The van der Waals surface area contributed by atoms with Crippen molar-refractivity contribution in [1.82, 2.24) is 20.9 Å². The summed E-state index contributed by atoms with van der Waals surface area (Å²) in [6.07, 6.45) is 1.98. The minimum atomic E-state index is -0.472. The SMILES string of the molecule is CC(NCc1cccc(Br)n1)C(=O)NC(=O)NC1CC1. The monoisotopic (exact) mass is 340 g/mol. The molecule has 0 saturated heterocycles. The lowest BCUT2D eigenvalue weighted by molar-refractivity contribution is -0.121. The number of carbonyl (C=O) groups is 2. The number of pyridine rings is 1. The van der Waals surface area contributed by atoms with Crippen LogP contribution in [0.2, 0.25) is 0 Å². The molecule has 1 unspecified atom stereocenters. The van der Waals surface area contributed by atoms with Gasteiger partial charge in [0.2, 0.25) is 5.91 Å². The van der Waals surface area contributed by atoms with Gasteiger partial charge in [0.05, 0.1) is 11.7 Å². The van der Waals surface area contributed by atoms with E-state index in [0.717, 1.165) is 23.1 Å². The maximum Gasteiger partial charge on any atom is 0.321 e. The number of imide groups is 1. The molecule has 1 aliphatic carbocycles. The van der Waals surface area contributed by atoms with E-state index < -0.39 is 12.1 Å². The number of nitrogens with one attached hydrogen (secondary N) is 3. The number of halogens is 1. The zero-order valence-corrected chi connectivity index (χ0v) is 12.7. The Balaban J connectivity index is 1.74. The summed E-state index contributed by atoms with van der Waals surface area (Å²) in [5, 5.41) is 8.05. The van der Waals surface area contributed by atoms with Gasteiger partial charge >= 0.3 is 6.03 Å². The Bertz CT molecular complexity index is 505. The van der Waals surface area contributed by atoms with Crippen LogP contribution in [0.15, 0.2) is 22.8 Å². The normalized spacial score (nSPS) is 15.5. The zero-order valence-electron chi connectivity index (χ0n) is 11.1. The van der Waals surface area contributed by atoms with Gasteiger partial charge in [-0.15, -0.1) is 0 Å². The zero-order chi connectivity index (χ0) is 14.5. The van der Waals surface area contributed by atoms with E-state index in [2.05, 4.69) is 36.9 Å². The lowest BCUT2D eigenvalue weighted by Gasteiger charge is -2.13. The Morgan fingerprint density at radius 1 is 1.45 bits per heavy atom.